The van der Waals surface area contributed by atoms with Crippen LogP contribution < -0.4 is 20.5 Å². The molecule has 1 aliphatic rings. The number of hydrogen-bond acceptors (Lipinski definition) is 11. The number of anilines is 1. The topological polar surface area (TPSA) is 150 Å². The predicted molar refractivity (Wildman–Crippen MR) is 154 cm³/mol. The first-order valence-electron chi connectivity index (χ1n) is 13.1. The summed E-state index contributed by atoms with van der Waals surface area (Å²) in [6, 6.07) is 2.58. The van der Waals surface area contributed by atoms with E-state index in [1.54, 1.807) is 4.90 Å². The van der Waals surface area contributed by atoms with Crippen molar-refractivity contribution in [1.82, 2.24) is 29.8 Å². The Morgan fingerprint density at radius 1 is 1.19 bits per heavy atom. The number of piperazine rings is 1. The van der Waals surface area contributed by atoms with Crippen LogP contribution in [0.5, 0.6) is 5.75 Å². The first-order chi connectivity index (χ1) is 20.4. The molecule has 1 aliphatic heterocycles. The number of H-pyrrole nitrogens is 1. The van der Waals surface area contributed by atoms with E-state index >= 15 is 0 Å². The standard InChI is InChI=1S/C25H26F3N7O5S3/c1-3-4-20-31-14(2)19(41-20)12-29-22(36)18-13-34(24-32-17-11-30-33-23(37)21(17)42-24)9-10-35(18)43(38,39)16-7-5-15(6-8-16)40-25(26,27)28/h5-8,11,18H,3-4,9-10,12-13H2,1-2H3,(H,29,36)(H,33,37)/t18-/m1/s1. The number of carbonyl (C=O) groups excluding carboxylic acids is 1. The molecule has 1 amide bonds. The van der Waals surface area contributed by atoms with Gasteiger partial charge in [0.15, 0.2) is 5.13 Å². The molecule has 12 nitrogen and oxygen atoms in total. The van der Waals surface area contributed by atoms with Crippen LogP contribution in [-0.4, -0.2) is 70.8 Å². The number of alkyl halides is 3. The van der Waals surface area contributed by atoms with Crippen molar-refractivity contribution in [2.24, 2.45) is 0 Å². The Balaban J connectivity index is 1.42. The summed E-state index contributed by atoms with van der Waals surface area (Å²) < 4.78 is 70.5. The van der Waals surface area contributed by atoms with E-state index in [9.17, 15) is 31.2 Å². The Morgan fingerprint density at radius 2 is 1.93 bits per heavy atom. The van der Waals surface area contributed by atoms with Crippen molar-refractivity contribution in [3.05, 3.63) is 56.4 Å². The molecular formula is C25H26F3N7O5S3. The molecule has 0 spiro atoms. The van der Waals surface area contributed by atoms with Gasteiger partial charge in [-0.25, -0.2) is 23.5 Å². The fourth-order valence-electron chi connectivity index (χ4n) is 4.56. The van der Waals surface area contributed by atoms with Crippen LogP contribution >= 0.6 is 22.7 Å². The lowest BCUT2D eigenvalue weighted by Gasteiger charge is -2.39. The molecule has 5 rings (SSSR count). The number of aryl methyl sites for hydroxylation is 2. The number of fused-ring (bicyclic) bond motifs is 1. The number of nitrogens with one attached hydrogen (secondary N) is 2. The SMILES string of the molecule is CCCc1nc(C)c(CNC(=O)[C@H]2CN(c3nc4cn[nH]c(=O)c4s3)CCN2S(=O)(=O)c2ccc(OC(F)(F)F)cc2)s1. The van der Waals surface area contributed by atoms with Crippen molar-refractivity contribution < 1.29 is 31.1 Å². The number of thiazole rings is 2. The summed E-state index contributed by atoms with van der Waals surface area (Å²) in [7, 11) is -4.33. The van der Waals surface area contributed by atoms with E-state index in [2.05, 4.69) is 30.2 Å². The molecule has 1 aromatic carbocycles. The number of aromatic nitrogens is 4. The van der Waals surface area contributed by atoms with Crippen molar-refractivity contribution in [2.45, 2.75) is 50.5 Å². The molecule has 2 N–H and O–H groups in total. The van der Waals surface area contributed by atoms with E-state index in [-0.39, 0.29) is 31.1 Å². The zero-order chi connectivity index (χ0) is 30.9. The molecule has 4 heterocycles. The Hall–Kier alpha value is -3.61. The number of sulfonamides is 1. The number of halogens is 3. The van der Waals surface area contributed by atoms with Gasteiger partial charge in [-0.15, -0.1) is 24.5 Å². The molecule has 0 saturated carbocycles. The number of aromatic amines is 1. The van der Waals surface area contributed by atoms with Gasteiger partial charge < -0.3 is 15.0 Å². The van der Waals surface area contributed by atoms with Gasteiger partial charge in [0, 0.05) is 24.5 Å². The lowest BCUT2D eigenvalue weighted by molar-refractivity contribution is -0.274. The molecular weight excluding hydrogens is 632 g/mol. The molecule has 0 radical (unpaired) electrons. The van der Waals surface area contributed by atoms with Crippen LogP contribution in [-0.2, 0) is 27.8 Å². The average Bonchev–Trinajstić information content (AvgIpc) is 3.55. The van der Waals surface area contributed by atoms with Gasteiger partial charge in [-0.2, -0.15) is 9.40 Å². The largest absolute Gasteiger partial charge is 0.573 e. The molecule has 3 aromatic heterocycles. The first kappa shape index (κ1) is 30.8. The second-order valence-corrected chi connectivity index (χ2v) is 13.6. The van der Waals surface area contributed by atoms with Crippen LogP contribution in [0.4, 0.5) is 18.3 Å². The second kappa shape index (κ2) is 12.2. The van der Waals surface area contributed by atoms with E-state index in [4.69, 9.17) is 0 Å². The highest BCUT2D eigenvalue weighted by atomic mass is 32.2. The van der Waals surface area contributed by atoms with Crippen LogP contribution in [0.15, 0.2) is 40.2 Å². The van der Waals surface area contributed by atoms with E-state index in [0.717, 1.165) is 68.3 Å². The number of amides is 1. The second-order valence-electron chi connectivity index (χ2n) is 9.59. The summed E-state index contributed by atoms with van der Waals surface area (Å²) >= 11 is 2.57. The molecule has 230 valence electrons. The summed E-state index contributed by atoms with van der Waals surface area (Å²) in [5.74, 6) is -1.15. The van der Waals surface area contributed by atoms with Gasteiger partial charge in [-0.3, -0.25) is 9.59 Å². The molecule has 0 aliphatic carbocycles. The van der Waals surface area contributed by atoms with Gasteiger partial charge in [-0.1, -0.05) is 18.3 Å². The molecule has 43 heavy (non-hydrogen) atoms. The molecule has 1 saturated heterocycles. The summed E-state index contributed by atoms with van der Waals surface area (Å²) in [6.07, 6.45) is -1.82. The van der Waals surface area contributed by atoms with E-state index in [0.29, 0.717) is 15.3 Å². The van der Waals surface area contributed by atoms with Crippen LogP contribution in [0, 0.1) is 6.92 Å². The van der Waals surface area contributed by atoms with Gasteiger partial charge in [0.25, 0.3) is 5.56 Å². The van der Waals surface area contributed by atoms with Gasteiger partial charge >= 0.3 is 6.36 Å². The monoisotopic (exact) mass is 657 g/mol. The Kier molecular flexibility index (Phi) is 8.73. The molecule has 0 unspecified atom stereocenters. The van der Waals surface area contributed by atoms with Gasteiger partial charge in [-0.05, 0) is 44.0 Å². The molecule has 1 fully saturated rings. The number of nitrogens with zero attached hydrogens (tertiary/aromatic N) is 5. The van der Waals surface area contributed by atoms with Crippen molar-refractivity contribution in [2.75, 3.05) is 24.5 Å². The third kappa shape index (κ3) is 6.81. The van der Waals surface area contributed by atoms with Crippen LogP contribution in [0.2, 0.25) is 0 Å². The number of ether oxygens (including phenoxy) is 1. The van der Waals surface area contributed by atoms with Gasteiger partial charge in [0.2, 0.25) is 15.9 Å². The number of benzene rings is 1. The van der Waals surface area contributed by atoms with E-state index < -0.39 is 39.6 Å². The Morgan fingerprint density at radius 3 is 2.60 bits per heavy atom. The van der Waals surface area contributed by atoms with Gasteiger partial charge in [0.05, 0.1) is 28.3 Å². The highest BCUT2D eigenvalue weighted by Crippen LogP contribution is 2.31. The minimum atomic E-state index is -4.94. The van der Waals surface area contributed by atoms with Crippen molar-refractivity contribution in [3.8, 4) is 5.75 Å². The lowest BCUT2D eigenvalue weighted by Crippen LogP contribution is -2.60. The summed E-state index contributed by atoms with van der Waals surface area (Å²) in [5.41, 5.74) is 0.722. The minimum absolute atomic E-state index is 0.0890. The zero-order valence-electron chi connectivity index (χ0n) is 22.8. The van der Waals surface area contributed by atoms with Crippen molar-refractivity contribution in [3.63, 3.8) is 0 Å². The van der Waals surface area contributed by atoms with Crippen LogP contribution in [0.25, 0.3) is 10.2 Å². The fraction of sp³-hybridized carbons (Fsp3) is 0.400. The van der Waals surface area contributed by atoms with Crippen LogP contribution in [0.1, 0.15) is 28.9 Å². The van der Waals surface area contributed by atoms with Crippen molar-refractivity contribution >= 4 is 54.0 Å². The highest BCUT2D eigenvalue weighted by Gasteiger charge is 2.41. The highest BCUT2D eigenvalue weighted by molar-refractivity contribution is 7.89. The first-order valence-corrected chi connectivity index (χ1v) is 16.1. The number of hydrogen-bond donors (Lipinski definition) is 2. The third-order valence-corrected chi connectivity index (χ3v) is 10.9. The summed E-state index contributed by atoms with van der Waals surface area (Å²) in [4.78, 5) is 37.1. The normalized spacial score (nSPS) is 16.5. The quantitative estimate of drug-likeness (QED) is 0.277. The summed E-state index contributed by atoms with van der Waals surface area (Å²) in [6.45, 7) is 3.93. The van der Waals surface area contributed by atoms with Crippen molar-refractivity contribution in [1.29, 1.82) is 0 Å². The molecule has 18 heteroatoms. The van der Waals surface area contributed by atoms with Crippen LogP contribution in [0.3, 0.4) is 0 Å². The molecule has 1 atom stereocenters. The van der Waals surface area contributed by atoms with Gasteiger partial charge in [0.1, 0.15) is 22.0 Å². The third-order valence-electron chi connectivity index (χ3n) is 6.59. The zero-order valence-corrected chi connectivity index (χ0v) is 25.3. The van der Waals surface area contributed by atoms with E-state index in [1.165, 1.54) is 17.5 Å². The van der Waals surface area contributed by atoms with E-state index in [1.807, 2.05) is 13.8 Å². The summed E-state index contributed by atoms with van der Waals surface area (Å²) in [5, 5.41) is 10.3. The fourth-order valence-corrected chi connectivity index (χ4v) is 8.20. The number of rotatable bonds is 9. The Labute approximate surface area is 251 Å². The maximum atomic E-state index is 13.7. The average molecular weight is 658 g/mol. The maximum Gasteiger partial charge on any atom is 0.573 e. The Bertz CT molecular complexity index is 1790. The minimum Gasteiger partial charge on any atom is -0.406 e. The predicted octanol–water partition coefficient (Wildman–Crippen LogP) is 3.19. The smallest absolute Gasteiger partial charge is 0.406 e. The maximum absolute atomic E-state index is 13.7. The molecule has 0 bridgehead atoms. The number of carbonyl (C=O) groups is 1. The lowest BCUT2D eigenvalue weighted by atomic mass is 10.2. The molecule has 4 aromatic rings.